The fraction of sp³-hybridized carbons (Fsp3) is 0.267. The molecule has 124 valence electrons. The normalized spacial score (nSPS) is 11.6. The van der Waals surface area contributed by atoms with Crippen LogP contribution in [0.3, 0.4) is 0 Å². The number of sulfonamides is 1. The zero-order valence-electron chi connectivity index (χ0n) is 12.2. The molecule has 0 saturated heterocycles. The smallest absolute Gasteiger partial charge is 0.250 e. The van der Waals surface area contributed by atoms with Crippen molar-refractivity contribution in [1.29, 1.82) is 0 Å². The maximum absolute atomic E-state index is 12.1. The van der Waals surface area contributed by atoms with Gasteiger partial charge in [-0.3, -0.25) is 4.79 Å². The van der Waals surface area contributed by atoms with E-state index in [1.165, 1.54) is 18.2 Å². The Labute approximate surface area is 148 Å². The summed E-state index contributed by atoms with van der Waals surface area (Å²) in [4.78, 5) is 11.7. The van der Waals surface area contributed by atoms with Crippen molar-refractivity contribution in [3.05, 3.63) is 62.4 Å². The molecule has 23 heavy (non-hydrogen) atoms. The van der Waals surface area contributed by atoms with Crippen LogP contribution in [0.4, 0.5) is 0 Å². The molecule has 0 aliphatic rings. The molecule has 1 heterocycles. The Morgan fingerprint density at radius 2 is 1.87 bits per heavy atom. The Balaban J connectivity index is 1.85. The van der Waals surface area contributed by atoms with Crippen LogP contribution in [0.2, 0.25) is 5.02 Å². The van der Waals surface area contributed by atoms with E-state index in [2.05, 4.69) is 20.7 Å². The van der Waals surface area contributed by atoms with Gasteiger partial charge in [0.05, 0.1) is 5.02 Å². The fourth-order valence-corrected chi connectivity index (χ4v) is 4.00. The maximum atomic E-state index is 12.1. The summed E-state index contributed by atoms with van der Waals surface area (Å²) < 4.78 is 29.2. The van der Waals surface area contributed by atoms with Gasteiger partial charge < -0.3 is 4.57 Å². The van der Waals surface area contributed by atoms with Crippen LogP contribution in [0.1, 0.15) is 12.8 Å². The molecule has 8 heteroatoms. The molecule has 1 aromatic carbocycles. The predicted molar refractivity (Wildman–Crippen MR) is 94.3 cm³/mol. The second kappa shape index (κ2) is 8.10. The molecule has 5 nitrogen and oxygen atoms in total. The van der Waals surface area contributed by atoms with Gasteiger partial charge in [0.2, 0.25) is 10.0 Å². The van der Waals surface area contributed by atoms with E-state index in [1.807, 2.05) is 0 Å². The molecule has 2 rings (SSSR count). The number of aromatic nitrogens is 1. The van der Waals surface area contributed by atoms with Crippen LogP contribution in [0.25, 0.3) is 0 Å². The van der Waals surface area contributed by atoms with Crippen molar-refractivity contribution in [1.82, 2.24) is 9.29 Å². The first-order valence-electron chi connectivity index (χ1n) is 7.00. The van der Waals surface area contributed by atoms with Gasteiger partial charge in [-0.15, -0.1) is 0 Å². The number of rotatable bonds is 7. The van der Waals surface area contributed by atoms with E-state index in [9.17, 15) is 13.2 Å². The average molecular weight is 420 g/mol. The monoisotopic (exact) mass is 418 g/mol. The van der Waals surface area contributed by atoms with Crippen molar-refractivity contribution in [2.75, 3.05) is 6.54 Å². The number of halogens is 2. The second-order valence-electron chi connectivity index (χ2n) is 4.91. The first-order valence-corrected chi connectivity index (χ1v) is 9.66. The molecule has 0 unspecified atom stereocenters. The molecule has 0 aliphatic carbocycles. The number of nitrogens with one attached hydrogen (secondary N) is 1. The van der Waals surface area contributed by atoms with Crippen LogP contribution >= 0.6 is 27.5 Å². The number of benzene rings is 1. The standard InChI is InChI=1S/C15H16BrClN2O3S/c16-12-7-8-15(20)19(11-12)10-4-3-9-18-23(21,22)14-6-2-1-5-13(14)17/h1-2,5-8,11,18H,3-4,9-10H2. The average Bonchev–Trinajstić information content (AvgIpc) is 2.50. The van der Waals surface area contributed by atoms with Crippen LogP contribution in [0, 0.1) is 0 Å². The molecule has 0 atom stereocenters. The highest BCUT2D eigenvalue weighted by atomic mass is 79.9. The lowest BCUT2D eigenvalue weighted by Gasteiger charge is -2.09. The van der Waals surface area contributed by atoms with Crippen molar-refractivity contribution >= 4 is 37.6 Å². The van der Waals surface area contributed by atoms with Crippen LogP contribution in [-0.2, 0) is 16.6 Å². The number of hydrogen-bond donors (Lipinski definition) is 1. The summed E-state index contributed by atoms with van der Waals surface area (Å²) in [6.45, 7) is 0.822. The molecule has 0 spiro atoms. The van der Waals surface area contributed by atoms with Gasteiger partial charge in [0.25, 0.3) is 5.56 Å². The van der Waals surface area contributed by atoms with Crippen molar-refractivity contribution in [3.63, 3.8) is 0 Å². The van der Waals surface area contributed by atoms with E-state index < -0.39 is 10.0 Å². The lowest BCUT2D eigenvalue weighted by atomic mass is 10.3. The molecule has 0 bridgehead atoms. The fourth-order valence-electron chi connectivity index (χ4n) is 2.03. The molecule has 2 aromatic rings. The third-order valence-corrected chi connectivity index (χ3v) is 5.62. The van der Waals surface area contributed by atoms with Crippen molar-refractivity contribution in [2.45, 2.75) is 24.3 Å². The van der Waals surface area contributed by atoms with Crippen LogP contribution in [0.5, 0.6) is 0 Å². The van der Waals surface area contributed by atoms with Crippen molar-refractivity contribution < 1.29 is 8.42 Å². The molecule has 0 amide bonds. The van der Waals surface area contributed by atoms with Gasteiger partial charge >= 0.3 is 0 Å². The summed E-state index contributed by atoms with van der Waals surface area (Å²) in [5.74, 6) is 0. The first-order chi connectivity index (χ1) is 10.9. The van der Waals surface area contributed by atoms with Crippen LogP contribution in [-0.4, -0.2) is 19.5 Å². The highest BCUT2D eigenvalue weighted by molar-refractivity contribution is 9.10. The Hall–Kier alpha value is -1.15. The van der Waals surface area contributed by atoms with Gasteiger partial charge in [-0.25, -0.2) is 13.1 Å². The van der Waals surface area contributed by atoms with E-state index >= 15 is 0 Å². The molecular formula is C15H16BrClN2O3S. The quantitative estimate of drug-likeness (QED) is 0.701. The van der Waals surface area contributed by atoms with Crippen molar-refractivity contribution in [3.8, 4) is 0 Å². The third-order valence-electron chi connectivity index (χ3n) is 3.19. The SMILES string of the molecule is O=c1ccc(Br)cn1CCCCNS(=O)(=O)c1ccccc1Cl. The Morgan fingerprint density at radius 1 is 1.13 bits per heavy atom. The van der Waals surface area contributed by atoms with Gasteiger partial charge in [-0.1, -0.05) is 23.7 Å². The summed E-state index contributed by atoms with van der Waals surface area (Å²) in [7, 11) is -3.61. The van der Waals surface area contributed by atoms with Crippen molar-refractivity contribution in [2.24, 2.45) is 0 Å². The molecule has 0 saturated carbocycles. The van der Waals surface area contributed by atoms with Crippen LogP contribution < -0.4 is 10.3 Å². The van der Waals surface area contributed by atoms with Gasteiger partial charge in [0, 0.05) is 29.8 Å². The molecule has 0 radical (unpaired) electrons. The van der Waals surface area contributed by atoms with Gasteiger partial charge in [-0.05, 0) is 47.0 Å². The molecule has 1 aromatic heterocycles. The van der Waals surface area contributed by atoms with E-state index in [-0.39, 0.29) is 22.0 Å². The Bertz CT molecular complexity index is 837. The zero-order chi connectivity index (χ0) is 16.9. The minimum atomic E-state index is -3.61. The summed E-state index contributed by atoms with van der Waals surface area (Å²) >= 11 is 9.21. The molecular weight excluding hydrogens is 404 g/mol. The van der Waals surface area contributed by atoms with E-state index in [0.29, 0.717) is 19.4 Å². The number of aryl methyl sites for hydroxylation is 1. The minimum Gasteiger partial charge on any atom is -0.314 e. The maximum Gasteiger partial charge on any atom is 0.250 e. The number of nitrogens with zero attached hydrogens (tertiary/aromatic N) is 1. The van der Waals surface area contributed by atoms with E-state index in [1.54, 1.807) is 29.0 Å². The Morgan fingerprint density at radius 3 is 2.61 bits per heavy atom. The number of unbranched alkanes of at least 4 members (excludes halogenated alkanes) is 1. The third kappa shape index (κ3) is 5.17. The topological polar surface area (TPSA) is 68.2 Å². The van der Waals surface area contributed by atoms with Crippen LogP contribution in [0.15, 0.2) is 56.8 Å². The van der Waals surface area contributed by atoms with E-state index in [4.69, 9.17) is 11.6 Å². The van der Waals surface area contributed by atoms with Gasteiger partial charge in [-0.2, -0.15) is 0 Å². The Kier molecular flexibility index (Phi) is 6.41. The number of hydrogen-bond acceptors (Lipinski definition) is 3. The largest absolute Gasteiger partial charge is 0.314 e. The first kappa shape index (κ1) is 18.2. The summed E-state index contributed by atoms with van der Waals surface area (Å²) in [6.07, 6.45) is 3.01. The lowest BCUT2D eigenvalue weighted by molar-refractivity contribution is 0.561. The summed E-state index contributed by atoms with van der Waals surface area (Å²) in [6, 6.07) is 9.49. The number of pyridine rings is 1. The minimum absolute atomic E-state index is 0.0740. The van der Waals surface area contributed by atoms with Gasteiger partial charge in [0.15, 0.2) is 0 Å². The predicted octanol–water partition coefficient (Wildman–Crippen LogP) is 3.02. The van der Waals surface area contributed by atoms with E-state index in [0.717, 1.165) is 4.47 Å². The molecule has 1 N–H and O–H groups in total. The summed E-state index contributed by atoms with van der Waals surface area (Å²) in [5.41, 5.74) is -0.0788. The summed E-state index contributed by atoms with van der Waals surface area (Å²) in [5, 5.41) is 0.195. The molecule has 0 aliphatic heterocycles. The zero-order valence-corrected chi connectivity index (χ0v) is 15.4. The molecule has 0 fully saturated rings. The van der Waals surface area contributed by atoms with Gasteiger partial charge in [0.1, 0.15) is 4.90 Å². The highest BCUT2D eigenvalue weighted by Gasteiger charge is 2.16. The highest BCUT2D eigenvalue weighted by Crippen LogP contribution is 2.20. The second-order valence-corrected chi connectivity index (χ2v) is 7.97. The lowest BCUT2D eigenvalue weighted by Crippen LogP contribution is -2.25.